The molecule has 1 amide bonds. The third kappa shape index (κ3) is 7.20. The highest BCUT2D eigenvalue weighted by molar-refractivity contribution is 7.92. The van der Waals surface area contributed by atoms with Crippen molar-refractivity contribution in [2.24, 2.45) is 0 Å². The van der Waals surface area contributed by atoms with E-state index in [-0.39, 0.29) is 25.1 Å². The molecule has 0 radical (unpaired) electrons. The zero-order valence-electron chi connectivity index (χ0n) is 18.2. The van der Waals surface area contributed by atoms with Gasteiger partial charge in [0.25, 0.3) is 5.91 Å². The van der Waals surface area contributed by atoms with Gasteiger partial charge < -0.3 is 10.1 Å². The lowest BCUT2D eigenvalue weighted by atomic mass is 10.1. The number of rotatable bonds is 9. The molecule has 1 N–H and O–H groups in total. The van der Waals surface area contributed by atoms with E-state index in [9.17, 15) is 17.6 Å². The summed E-state index contributed by atoms with van der Waals surface area (Å²) in [6.07, 6.45) is 1.10. The van der Waals surface area contributed by atoms with Crippen LogP contribution in [0.4, 0.5) is 10.1 Å². The second kappa shape index (κ2) is 10.7. The van der Waals surface area contributed by atoms with Crippen LogP contribution in [0.1, 0.15) is 24.1 Å². The third-order valence-electron chi connectivity index (χ3n) is 4.88. The Kier molecular flexibility index (Phi) is 7.94. The first-order valence-corrected chi connectivity index (χ1v) is 12.3. The van der Waals surface area contributed by atoms with E-state index in [0.29, 0.717) is 22.0 Å². The average Bonchev–Trinajstić information content (AvgIpc) is 2.77. The van der Waals surface area contributed by atoms with E-state index < -0.39 is 15.8 Å². The van der Waals surface area contributed by atoms with Crippen LogP contribution in [-0.2, 0) is 21.4 Å². The van der Waals surface area contributed by atoms with Crippen LogP contribution in [0.25, 0.3) is 0 Å². The Balaban J connectivity index is 1.60. The number of sulfonamides is 1. The first kappa shape index (κ1) is 24.5. The maximum Gasteiger partial charge on any atom is 0.258 e. The molecule has 3 aromatic rings. The summed E-state index contributed by atoms with van der Waals surface area (Å²) >= 11 is 5.88. The maximum absolute atomic E-state index is 13.1. The molecule has 9 heteroatoms. The molecular weight excluding hydrogens is 467 g/mol. The van der Waals surface area contributed by atoms with Crippen molar-refractivity contribution in [3.05, 3.63) is 94.8 Å². The van der Waals surface area contributed by atoms with Crippen LogP contribution in [0.3, 0.4) is 0 Å². The van der Waals surface area contributed by atoms with E-state index >= 15 is 0 Å². The van der Waals surface area contributed by atoms with Crippen molar-refractivity contribution >= 4 is 33.2 Å². The molecule has 6 nitrogen and oxygen atoms in total. The number of carbonyl (C=O) groups is 1. The average molecular weight is 491 g/mol. The standard InChI is InChI=1S/C24H24ClFN2O4S/c1-17(19-5-7-20(25)8-6-19)27-24(29)16-32-23-13-11-22(12-14-23)28(33(2,30)31)15-18-3-9-21(26)10-4-18/h3-14,17H,15-16H2,1-2H3,(H,27,29). The van der Waals surface area contributed by atoms with Gasteiger partial charge in [0.15, 0.2) is 6.61 Å². The molecule has 1 unspecified atom stereocenters. The SMILES string of the molecule is CC(NC(=O)COc1ccc(N(Cc2ccc(F)cc2)S(C)(=O)=O)cc1)c1ccc(Cl)cc1. The molecule has 0 aliphatic rings. The van der Waals surface area contributed by atoms with Gasteiger partial charge in [-0.15, -0.1) is 0 Å². The van der Waals surface area contributed by atoms with Crippen LogP contribution >= 0.6 is 11.6 Å². The monoisotopic (exact) mass is 490 g/mol. The Morgan fingerprint density at radius 2 is 1.64 bits per heavy atom. The molecule has 0 aliphatic heterocycles. The van der Waals surface area contributed by atoms with Crippen LogP contribution < -0.4 is 14.4 Å². The van der Waals surface area contributed by atoms with E-state index in [1.54, 1.807) is 36.4 Å². The highest BCUT2D eigenvalue weighted by Crippen LogP contribution is 2.24. The lowest BCUT2D eigenvalue weighted by Gasteiger charge is -2.23. The minimum Gasteiger partial charge on any atom is -0.484 e. The molecule has 0 saturated carbocycles. The van der Waals surface area contributed by atoms with Crippen molar-refractivity contribution in [1.29, 1.82) is 0 Å². The van der Waals surface area contributed by atoms with Gasteiger partial charge in [-0.05, 0) is 66.6 Å². The van der Waals surface area contributed by atoms with Gasteiger partial charge in [-0.3, -0.25) is 9.10 Å². The Morgan fingerprint density at radius 1 is 1.03 bits per heavy atom. The van der Waals surface area contributed by atoms with Crippen molar-refractivity contribution in [3.63, 3.8) is 0 Å². The summed E-state index contributed by atoms with van der Waals surface area (Å²) in [5, 5.41) is 3.47. The number of amides is 1. The van der Waals surface area contributed by atoms with Crippen LogP contribution in [0, 0.1) is 5.82 Å². The van der Waals surface area contributed by atoms with Gasteiger partial charge in [0.05, 0.1) is 24.5 Å². The predicted molar refractivity (Wildman–Crippen MR) is 127 cm³/mol. The molecule has 0 aromatic heterocycles. The fourth-order valence-electron chi connectivity index (χ4n) is 3.13. The number of benzene rings is 3. The lowest BCUT2D eigenvalue weighted by Crippen LogP contribution is -2.31. The zero-order valence-corrected chi connectivity index (χ0v) is 19.7. The summed E-state index contributed by atoms with van der Waals surface area (Å²) in [6, 6.07) is 19.0. The number of hydrogen-bond donors (Lipinski definition) is 1. The normalized spacial score (nSPS) is 12.1. The second-order valence-electron chi connectivity index (χ2n) is 7.52. The highest BCUT2D eigenvalue weighted by atomic mass is 35.5. The minimum absolute atomic E-state index is 0.0598. The Hall–Kier alpha value is -3.10. The number of ether oxygens (including phenoxy) is 1. The maximum atomic E-state index is 13.1. The fraction of sp³-hybridized carbons (Fsp3) is 0.208. The number of halogens is 2. The molecule has 3 aromatic carbocycles. The summed E-state index contributed by atoms with van der Waals surface area (Å²) in [6.45, 7) is 1.73. The molecule has 3 rings (SSSR count). The predicted octanol–water partition coefficient (Wildman–Crippen LogP) is 4.70. The van der Waals surface area contributed by atoms with Gasteiger partial charge in [-0.25, -0.2) is 12.8 Å². The van der Waals surface area contributed by atoms with Crippen LogP contribution in [-0.4, -0.2) is 27.2 Å². The van der Waals surface area contributed by atoms with E-state index in [2.05, 4.69) is 5.32 Å². The first-order valence-electron chi connectivity index (χ1n) is 10.1. The van der Waals surface area contributed by atoms with Crippen LogP contribution in [0.15, 0.2) is 72.8 Å². The number of carbonyl (C=O) groups excluding carboxylic acids is 1. The van der Waals surface area contributed by atoms with Gasteiger partial charge in [-0.1, -0.05) is 35.9 Å². The molecule has 0 spiro atoms. The molecule has 0 aliphatic carbocycles. The van der Waals surface area contributed by atoms with E-state index in [1.165, 1.54) is 28.6 Å². The summed E-state index contributed by atoms with van der Waals surface area (Å²) in [7, 11) is -3.58. The minimum atomic E-state index is -3.58. The zero-order chi connectivity index (χ0) is 24.0. The lowest BCUT2D eigenvalue weighted by molar-refractivity contribution is -0.123. The smallest absolute Gasteiger partial charge is 0.258 e. The first-order chi connectivity index (χ1) is 15.6. The molecule has 1 atom stereocenters. The molecule has 33 heavy (non-hydrogen) atoms. The summed E-state index contributed by atoms with van der Waals surface area (Å²) < 4.78 is 44.5. The molecule has 0 bridgehead atoms. The Labute approximate surface area is 198 Å². The van der Waals surface area contributed by atoms with Gasteiger partial charge in [0, 0.05) is 5.02 Å². The van der Waals surface area contributed by atoms with Gasteiger partial charge in [0.1, 0.15) is 11.6 Å². The highest BCUT2D eigenvalue weighted by Gasteiger charge is 2.18. The molecular formula is C24H24ClFN2O4S. The number of nitrogens with zero attached hydrogens (tertiary/aromatic N) is 1. The topological polar surface area (TPSA) is 75.7 Å². The number of hydrogen-bond acceptors (Lipinski definition) is 4. The quantitative estimate of drug-likeness (QED) is 0.471. The van der Waals surface area contributed by atoms with E-state index in [0.717, 1.165) is 11.8 Å². The summed E-state index contributed by atoms with van der Waals surface area (Å²) in [5.41, 5.74) is 1.99. The van der Waals surface area contributed by atoms with E-state index in [1.807, 2.05) is 19.1 Å². The fourth-order valence-corrected chi connectivity index (χ4v) is 4.15. The van der Waals surface area contributed by atoms with Gasteiger partial charge >= 0.3 is 0 Å². The number of nitrogens with one attached hydrogen (secondary N) is 1. The van der Waals surface area contributed by atoms with Crippen LogP contribution in [0.5, 0.6) is 5.75 Å². The number of anilines is 1. The molecule has 0 saturated heterocycles. The van der Waals surface area contributed by atoms with Crippen molar-refractivity contribution < 1.29 is 22.3 Å². The van der Waals surface area contributed by atoms with Crippen molar-refractivity contribution in [1.82, 2.24) is 5.32 Å². The molecule has 174 valence electrons. The van der Waals surface area contributed by atoms with Gasteiger partial charge in [-0.2, -0.15) is 0 Å². The molecule has 0 heterocycles. The largest absolute Gasteiger partial charge is 0.484 e. The van der Waals surface area contributed by atoms with Gasteiger partial charge in [0.2, 0.25) is 10.0 Å². The van der Waals surface area contributed by atoms with Crippen LogP contribution in [0.2, 0.25) is 5.02 Å². The Morgan fingerprint density at radius 3 is 2.21 bits per heavy atom. The van der Waals surface area contributed by atoms with Crippen molar-refractivity contribution in [2.45, 2.75) is 19.5 Å². The van der Waals surface area contributed by atoms with Crippen molar-refractivity contribution in [2.75, 3.05) is 17.2 Å². The third-order valence-corrected chi connectivity index (χ3v) is 6.27. The van der Waals surface area contributed by atoms with E-state index in [4.69, 9.17) is 16.3 Å². The summed E-state index contributed by atoms with van der Waals surface area (Å²) in [4.78, 5) is 12.2. The molecule has 0 fully saturated rings. The second-order valence-corrected chi connectivity index (χ2v) is 9.86. The Bertz CT molecular complexity index is 1180. The summed E-state index contributed by atoms with van der Waals surface area (Å²) in [5.74, 6) is -0.267. The van der Waals surface area contributed by atoms with Crippen molar-refractivity contribution in [3.8, 4) is 5.75 Å².